The first-order chi connectivity index (χ1) is 7.59. The van der Waals surface area contributed by atoms with Gasteiger partial charge in [-0.2, -0.15) is 0 Å². The van der Waals surface area contributed by atoms with Gasteiger partial charge in [0.25, 0.3) is 0 Å². The van der Waals surface area contributed by atoms with Crippen LogP contribution in [0.15, 0.2) is 0 Å². The second-order valence-electron chi connectivity index (χ2n) is 4.68. The molecule has 0 spiro atoms. The van der Waals surface area contributed by atoms with Crippen LogP contribution in [0.25, 0.3) is 0 Å². The normalized spacial score (nSPS) is 20.9. The Morgan fingerprint density at radius 2 is 1.94 bits per heavy atom. The Hall–Kier alpha value is -0.130. The summed E-state index contributed by atoms with van der Waals surface area (Å²) < 4.78 is 26.1. The molecule has 0 aromatic carbocycles. The highest BCUT2D eigenvalue weighted by molar-refractivity contribution is 7.89. The number of nitrogens with two attached hydrogens (primary N) is 1. The summed E-state index contributed by atoms with van der Waals surface area (Å²) >= 11 is 0. The third-order valence-corrected chi connectivity index (χ3v) is 4.88. The molecule has 1 unspecified atom stereocenters. The van der Waals surface area contributed by atoms with Gasteiger partial charge in [-0.1, -0.05) is 26.2 Å². The van der Waals surface area contributed by atoms with E-state index in [1.165, 1.54) is 19.3 Å². The summed E-state index contributed by atoms with van der Waals surface area (Å²) in [5.41, 5.74) is 5.68. The molecule has 0 saturated heterocycles. The van der Waals surface area contributed by atoms with Gasteiger partial charge in [0, 0.05) is 12.6 Å². The molecule has 1 saturated carbocycles. The molecule has 96 valence electrons. The summed E-state index contributed by atoms with van der Waals surface area (Å²) in [5.74, 6) is 0.640. The maximum absolute atomic E-state index is 11.7. The Morgan fingerprint density at radius 3 is 2.44 bits per heavy atom. The SMILES string of the molecule is CCCS(=O)(=O)NC(CN)C1CCCCC1. The molecular weight excluding hydrogens is 224 g/mol. The zero-order valence-electron chi connectivity index (χ0n) is 10.1. The fraction of sp³-hybridized carbons (Fsp3) is 1.00. The van der Waals surface area contributed by atoms with Crippen LogP contribution in [0.5, 0.6) is 0 Å². The van der Waals surface area contributed by atoms with Gasteiger partial charge >= 0.3 is 0 Å². The lowest BCUT2D eigenvalue weighted by molar-refractivity contribution is 0.294. The fourth-order valence-electron chi connectivity index (χ4n) is 2.43. The lowest BCUT2D eigenvalue weighted by Crippen LogP contribution is -2.46. The molecule has 0 radical (unpaired) electrons. The standard InChI is InChI=1S/C11H24N2O2S/c1-2-8-16(14,15)13-11(9-12)10-6-4-3-5-7-10/h10-11,13H,2-9,12H2,1H3. The van der Waals surface area contributed by atoms with Gasteiger partial charge in [0.1, 0.15) is 0 Å². The predicted octanol–water partition coefficient (Wildman–Crippen LogP) is 1.22. The zero-order chi connectivity index (χ0) is 12.0. The Labute approximate surface area is 99.0 Å². The Bertz CT molecular complexity index is 284. The molecule has 1 aliphatic carbocycles. The van der Waals surface area contributed by atoms with Gasteiger partial charge in [-0.15, -0.1) is 0 Å². The molecule has 0 amide bonds. The van der Waals surface area contributed by atoms with Crippen molar-refractivity contribution < 1.29 is 8.42 Å². The van der Waals surface area contributed by atoms with E-state index in [9.17, 15) is 8.42 Å². The molecule has 0 aromatic heterocycles. The number of rotatable bonds is 6. The summed E-state index contributed by atoms with van der Waals surface area (Å²) in [5, 5.41) is 0. The van der Waals surface area contributed by atoms with Gasteiger partial charge in [0.15, 0.2) is 0 Å². The largest absolute Gasteiger partial charge is 0.329 e. The molecule has 0 bridgehead atoms. The highest BCUT2D eigenvalue weighted by Crippen LogP contribution is 2.26. The molecule has 0 aliphatic heterocycles. The highest BCUT2D eigenvalue weighted by atomic mass is 32.2. The van der Waals surface area contributed by atoms with Crippen LogP contribution in [0, 0.1) is 5.92 Å². The van der Waals surface area contributed by atoms with Crippen LogP contribution in [0.1, 0.15) is 45.4 Å². The third kappa shape index (κ3) is 4.39. The maximum Gasteiger partial charge on any atom is 0.211 e. The molecule has 4 nitrogen and oxygen atoms in total. The van der Waals surface area contributed by atoms with Crippen molar-refractivity contribution in [3.05, 3.63) is 0 Å². The minimum absolute atomic E-state index is 0.0585. The predicted molar refractivity (Wildman–Crippen MR) is 66.6 cm³/mol. The Morgan fingerprint density at radius 1 is 1.31 bits per heavy atom. The molecule has 0 heterocycles. The van der Waals surface area contributed by atoms with Crippen LogP contribution < -0.4 is 10.5 Å². The van der Waals surface area contributed by atoms with E-state index in [1.807, 2.05) is 6.92 Å². The van der Waals surface area contributed by atoms with E-state index in [1.54, 1.807) is 0 Å². The monoisotopic (exact) mass is 248 g/mol. The lowest BCUT2D eigenvalue weighted by atomic mass is 9.84. The molecule has 3 N–H and O–H groups in total. The number of nitrogens with one attached hydrogen (secondary N) is 1. The van der Waals surface area contributed by atoms with Gasteiger partial charge in [-0.3, -0.25) is 0 Å². The van der Waals surface area contributed by atoms with Gasteiger partial charge in [0.05, 0.1) is 5.75 Å². The van der Waals surface area contributed by atoms with Crippen molar-refractivity contribution in [3.63, 3.8) is 0 Å². The van der Waals surface area contributed by atoms with Crippen molar-refractivity contribution in [2.75, 3.05) is 12.3 Å². The van der Waals surface area contributed by atoms with Gasteiger partial charge < -0.3 is 5.73 Å². The van der Waals surface area contributed by atoms with E-state index >= 15 is 0 Å². The van der Waals surface area contributed by atoms with E-state index in [-0.39, 0.29) is 11.8 Å². The first-order valence-corrected chi connectivity index (χ1v) is 7.94. The molecule has 1 aliphatic rings. The smallest absolute Gasteiger partial charge is 0.211 e. The van der Waals surface area contributed by atoms with Crippen molar-refractivity contribution in [1.82, 2.24) is 4.72 Å². The minimum Gasteiger partial charge on any atom is -0.329 e. The van der Waals surface area contributed by atoms with Crippen LogP contribution in [0.3, 0.4) is 0 Å². The van der Waals surface area contributed by atoms with Crippen LogP contribution in [-0.4, -0.2) is 26.8 Å². The molecule has 1 rings (SSSR count). The topological polar surface area (TPSA) is 72.2 Å². The van der Waals surface area contributed by atoms with E-state index in [4.69, 9.17) is 5.73 Å². The number of sulfonamides is 1. The third-order valence-electron chi connectivity index (χ3n) is 3.28. The summed E-state index contributed by atoms with van der Waals surface area (Å²) in [4.78, 5) is 0. The molecule has 16 heavy (non-hydrogen) atoms. The molecular formula is C11H24N2O2S. The van der Waals surface area contributed by atoms with Crippen molar-refractivity contribution in [2.45, 2.75) is 51.5 Å². The van der Waals surface area contributed by atoms with Crippen LogP contribution in [-0.2, 0) is 10.0 Å². The fourth-order valence-corrected chi connectivity index (χ4v) is 3.84. The highest BCUT2D eigenvalue weighted by Gasteiger charge is 2.25. The molecule has 0 aromatic rings. The molecule has 1 atom stereocenters. The summed E-state index contributed by atoms with van der Waals surface area (Å²) in [6, 6.07) is -0.0585. The van der Waals surface area contributed by atoms with E-state index < -0.39 is 10.0 Å². The summed E-state index contributed by atoms with van der Waals surface area (Å²) in [6.07, 6.45) is 6.55. The van der Waals surface area contributed by atoms with Crippen molar-refractivity contribution in [2.24, 2.45) is 11.7 Å². The van der Waals surface area contributed by atoms with E-state index in [2.05, 4.69) is 4.72 Å². The van der Waals surface area contributed by atoms with Crippen molar-refractivity contribution in [1.29, 1.82) is 0 Å². The van der Waals surface area contributed by atoms with Crippen molar-refractivity contribution in [3.8, 4) is 0 Å². The van der Waals surface area contributed by atoms with Crippen LogP contribution >= 0.6 is 0 Å². The first kappa shape index (κ1) is 13.9. The van der Waals surface area contributed by atoms with E-state index in [0.29, 0.717) is 18.9 Å². The van der Waals surface area contributed by atoms with E-state index in [0.717, 1.165) is 12.8 Å². The second kappa shape index (κ2) is 6.57. The van der Waals surface area contributed by atoms with Gasteiger partial charge in [-0.25, -0.2) is 13.1 Å². The molecule has 5 heteroatoms. The Kier molecular flexibility index (Phi) is 5.72. The van der Waals surface area contributed by atoms with Crippen molar-refractivity contribution >= 4 is 10.0 Å². The quantitative estimate of drug-likeness (QED) is 0.742. The minimum atomic E-state index is -3.12. The van der Waals surface area contributed by atoms with Crippen LogP contribution in [0.4, 0.5) is 0 Å². The average molecular weight is 248 g/mol. The first-order valence-electron chi connectivity index (χ1n) is 6.29. The summed E-state index contributed by atoms with van der Waals surface area (Å²) in [6.45, 7) is 2.28. The Balaban J connectivity index is 2.53. The summed E-state index contributed by atoms with van der Waals surface area (Å²) in [7, 11) is -3.12. The molecule has 1 fully saturated rings. The number of hydrogen-bond acceptors (Lipinski definition) is 3. The zero-order valence-corrected chi connectivity index (χ0v) is 10.9. The van der Waals surface area contributed by atoms with Crippen LogP contribution in [0.2, 0.25) is 0 Å². The second-order valence-corrected chi connectivity index (χ2v) is 6.55. The maximum atomic E-state index is 11.7. The van der Waals surface area contributed by atoms with Gasteiger partial charge in [-0.05, 0) is 25.2 Å². The lowest BCUT2D eigenvalue weighted by Gasteiger charge is -2.29. The van der Waals surface area contributed by atoms with Gasteiger partial charge in [0.2, 0.25) is 10.0 Å². The number of hydrogen-bond donors (Lipinski definition) is 2. The average Bonchev–Trinajstić information content (AvgIpc) is 2.27.